The fraction of sp³-hybridized carbons (Fsp3) is 0.647. The van der Waals surface area contributed by atoms with Gasteiger partial charge >= 0.3 is 0 Å². The van der Waals surface area contributed by atoms with E-state index in [1.165, 1.54) is 11.1 Å². The Hall–Kier alpha value is -1.02. The molecule has 0 atom stereocenters. The average molecular weight is 263 g/mol. The summed E-state index contributed by atoms with van der Waals surface area (Å²) < 4.78 is 5.47. The molecule has 2 N–H and O–H groups in total. The van der Waals surface area contributed by atoms with E-state index in [2.05, 4.69) is 52.8 Å². The first-order chi connectivity index (χ1) is 8.69. The zero-order chi connectivity index (χ0) is 14.7. The highest BCUT2D eigenvalue weighted by Gasteiger charge is 2.20. The fourth-order valence-electron chi connectivity index (χ4n) is 2.08. The van der Waals surface area contributed by atoms with Gasteiger partial charge in [-0.2, -0.15) is 0 Å². The van der Waals surface area contributed by atoms with Gasteiger partial charge in [-0.15, -0.1) is 0 Å². The van der Waals surface area contributed by atoms with Gasteiger partial charge in [-0.25, -0.2) is 0 Å². The fourth-order valence-corrected chi connectivity index (χ4v) is 2.08. The van der Waals surface area contributed by atoms with Crippen LogP contribution in [-0.2, 0) is 11.8 Å². The standard InChI is InChI=1S/C17H29NO/c1-16(2,3)14-11-13(7-8-15(14)19-6)9-10-17(4,5)12-18/h7-8,11H,9-10,12,18H2,1-6H3. The van der Waals surface area contributed by atoms with Crippen molar-refractivity contribution < 1.29 is 4.74 Å². The molecule has 1 aromatic carbocycles. The van der Waals surface area contributed by atoms with Crippen molar-refractivity contribution in [3.8, 4) is 5.75 Å². The molecule has 19 heavy (non-hydrogen) atoms. The molecule has 0 fully saturated rings. The Kier molecular flexibility index (Phi) is 5.03. The van der Waals surface area contributed by atoms with E-state index in [1.54, 1.807) is 7.11 Å². The first-order valence-corrected chi connectivity index (χ1v) is 7.07. The topological polar surface area (TPSA) is 35.2 Å². The second-order valence-electron chi connectivity index (χ2n) is 7.15. The highest BCUT2D eigenvalue weighted by molar-refractivity contribution is 5.41. The summed E-state index contributed by atoms with van der Waals surface area (Å²) in [5.74, 6) is 0.981. The Morgan fingerprint density at radius 1 is 1.11 bits per heavy atom. The molecule has 0 saturated carbocycles. The van der Waals surface area contributed by atoms with Gasteiger partial charge in [-0.3, -0.25) is 0 Å². The summed E-state index contributed by atoms with van der Waals surface area (Å²) in [5.41, 5.74) is 8.75. The molecule has 0 aromatic heterocycles. The maximum absolute atomic E-state index is 5.80. The number of nitrogens with two attached hydrogens (primary N) is 1. The number of hydrogen-bond acceptors (Lipinski definition) is 2. The van der Waals surface area contributed by atoms with Crippen molar-refractivity contribution >= 4 is 0 Å². The van der Waals surface area contributed by atoms with Crippen molar-refractivity contribution in [2.75, 3.05) is 13.7 Å². The van der Waals surface area contributed by atoms with Gasteiger partial charge in [0.1, 0.15) is 5.75 Å². The lowest BCUT2D eigenvalue weighted by atomic mass is 9.83. The molecular weight excluding hydrogens is 234 g/mol. The first-order valence-electron chi connectivity index (χ1n) is 7.07. The molecular formula is C17H29NO. The van der Waals surface area contributed by atoms with E-state index in [1.807, 2.05) is 0 Å². The van der Waals surface area contributed by atoms with E-state index < -0.39 is 0 Å². The molecule has 0 aliphatic heterocycles. The van der Waals surface area contributed by atoms with Crippen molar-refractivity contribution in [1.82, 2.24) is 0 Å². The Balaban J connectivity index is 2.93. The molecule has 2 heteroatoms. The van der Waals surface area contributed by atoms with Gasteiger partial charge in [0.05, 0.1) is 7.11 Å². The third-order valence-corrected chi connectivity index (χ3v) is 3.71. The Labute approximate surface area is 118 Å². The van der Waals surface area contributed by atoms with Crippen LogP contribution in [0.5, 0.6) is 5.75 Å². The largest absolute Gasteiger partial charge is 0.496 e. The van der Waals surface area contributed by atoms with Crippen molar-refractivity contribution in [3.63, 3.8) is 0 Å². The second-order valence-corrected chi connectivity index (χ2v) is 7.15. The van der Waals surface area contributed by atoms with E-state index in [0.717, 1.165) is 25.1 Å². The summed E-state index contributed by atoms with van der Waals surface area (Å²) in [7, 11) is 1.74. The van der Waals surface area contributed by atoms with E-state index in [9.17, 15) is 0 Å². The maximum Gasteiger partial charge on any atom is 0.122 e. The van der Waals surface area contributed by atoms with Crippen molar-refractivity contribution in [2.24, 2.45) is 11.1 Å². The Bertz CT molecular complexity index is 416. The van der Waals surface area contributed by atoms with E-state index in [4.69, 9.17) is 10.5 Å². The zero-order valence-corrected chi connectivity index (χ0v) is 13.3. The molecule has 1 aromatic rings. The second kappa shape index (κ2) is 5.96. The summed E-state index contributed by atoms with van der Waals surface area (Å²) in [4.78, 5) is 0. The molecule has 2 nitrogen and oxygen atoms in total. The molecule has 0 aliphatic carbocycles. The van der Waals surface area contributed by atoms with E-state index in [-0.39, 0.29) is 10.8 Å². The minimum Gasteiger partial charge on any atom is -0.496 e. The lowest BCUT2D eigenvalue weighted by Gasteiger charge is -2.25. The van der Waals surface area contributed by atoms with Gasteiger partial charge in [0, 0.05) is 0 Å². The predicted octanol–water partition coefficient (Wildman–Crippen LogP) is 3.91. The summed E-state index contributed by atoms with van der Waals surface area (Å²) >= 11 is 0. The molecule has 0 heterocycles. The van der Waals surface area contributed by atoms with Crippen LogP contribution in [0, 0.1) is 5.41 Å². The minimum atomic E-state index is 0.102. The number of hydrogen-bond donors (Lipinski definition) is 1. The summed E-state index contributed by atoms with van der Waals surface area (Å²) in [6, 6.07) is 6.54. The lowest BCUT2D eigenvalue weighted by Crippen LogP contribution is -2.24. The van der Waals surface area contributed by atoms with Crippen LogP contribution in [0.4, 0.5) is 0 Å². The summed E-state index contributed by atoms with van der Waals surface area (Å²) in [6.07, 6.45) is 2.18. The van der Waals surface area contributed by atoms with Crippen LogP contribution in [0.3, 0.4) is 0 Å². The maximum atomic E-state index is 5.80. The molecule has 0 bridgehead atoms. The molecule has 0 radical (unpaired) electrons. The Morgan fingerprint density at radius 2 is 1.74 bits per heavy atom. The number of ether oxygens (including phenoxy) is 1. The summed E-state index contributed by atoms with van der Waals surface area (Å²) in [5, 5.41) is 0. The summed E-state index contributed by atoms with van der Waals surface area (Å²) in [6.45, 7) is 11.8. The van der Waals surface area contributed by atoms with Crippen LogP contribution in [-0.4, -0.2) is 13.7 Å². The smallest absolute Gasteiger partial charge is 0.122 e. The normalized spacial score (nSPS) is 12.6. The van der Waals surface area contributed by atoms with Crippen LogP contribution in [0.15, 0.2) is 18.2 Å². The van der Waals surface area contributed by atoms with E-state index in [0.29, 0.717) is 0 Å². The van der Waals surface area contributed by atoms with Crippen LogP contribution in [0.2, 0.25) is 0 Å². The van der Waals surface area contributed by atoms with Crippen molar-refractivity contribution in [3.05, 3.63) is 29.3 Å². The van der Waals surface area contributed by atoms with Crippen molar-refractivity contribution in [1.29, 1.82) is 0 Å². The van der Waals surface area contributed by atoms with Crippen LogP contribution in [0.25, 0.3) is 0 Å². The molecule has 0 saturated heterocycles. The number of benzene rings is 1. The van der Waals surface area contributed by atoms with Gasteiger partial charge in [0.2, 0.25) is 0 Å². The number of methoxy groups -OCH3 is 1. The molecule has 0 aliphatic rings. The zero-order valence-electron chi connectivity index (χ0n) is 13.3. The van der Waals surface area contributed by atoms with E-state index >= 15 is 0 Å². The molecule has 0 unspecified atom stereocenters. The molecule has 108 valence electrons. The van der Waals surface area contributed by atoms with Crippen molar-refractivity contribution in [2.45, 2.75) is 52.9 Å². The minimum absolute atomic E-state index is 0.102. The molecule has 0 spiro atoms. The van der Waals surface area contributed by atoms with Gasteiger partial charge < -0.3 is 10.5 Å². The van der Waals surface area contributed by atoms with Gasteiger partial charge in [-0.1, -0.05) is 46.8 Å². The highest BCUT2D eigenvalue weighted by Crippen LogP contribution is 2.33. The van der Waals surface area contributed by atoms with Gasteiger partial charge in [-0.05, 0) is 47.4 Å². The monoisotopic (exact) mass is 263 g/mol. The van der Waals surface area contributed by atoms with Crippen LogP contribution < -0.4 is 10.5 Å². The first kappa shape index (κ1) is 16.0. The third kappa shape index (κ3) is 4.54. The lowest BCUT2D eigenvalue weighted by molar-refractivity contribution is 0.347. The predicted molar refractivity (Wildman–Crippen MR) is 82.9 cm³/mol. The Morgan fingerprint density at radius 3 is 2.21 bits per heavy atom. The SMILES string of the molecule is COc1ccc(CCC(C)(C)CN)cc1C(C)(C)C. The van der Waals surface area contributed by atoms with Gasteiger partial charge in [0.15, 0.2) is 0 Å². The van der Waals surface area contributed by atoms with Gasteiger partial charge in [0.25, 0.3) is 0 Å². The highest BCUT2D eigenvalue weighted by atomic mass is 16.5. The van der Waals surface area contributed by atoms with Crippen LogP contribution in [0.1, 0.15) is 52.2 Å². The third-order valence-electron chi connectivity index (χ3n) is 3.71. The molecule has 0 amide bonds. The quantitative estimate of drug-likeness (QED) is 0.874. The number of rotatable bonds is 5. The molecule has 1 rings (SSSR count). The van der Waals surface area contributed by atoms with Crippen LogP contribution >= 0.6 is 0 Å². The number of aryl methyl sites for hydroxylation is 1. The average Bonchev–Trinajstić information content (AvgIpc) is 2.35.